The van der Waals surface area contributed by atoms with E-state index in [2.05, 4.69) is 27.2 Å². The first-order valence-electron chi connectivity index (χ1n) is 11.4. The van der Waals surface area contributed by atoms with E-state index in [1.165, 1.54) is 17.7 Å². The highest BCUT2D eigenvalue weighted by Gasteiger charge is 2.34. The van der Waals surface area contributed by atoms with E-state index in [1.54, 1.807) is 12.1 Å². The van der Waals surface area contributed by atoms with Crippen LogP contribution in [0.25, 0.3) is 0 Å². The van der Waals surface area contributed by atoms with Crippen molar-refractivity contribution in [2.24, 2.45) is 5.92 Å². The highest BCUT2D eigenvalue weighted by molar-refractivity contribution is 6.30. The van der Waals surface area contributed by atoms with Gasteiger partial charge >= 0.3 is 0 Å². The van der Waals surface area contributed by atoms with Crippen molar-refractivity contribution in [2.75, 3.05) is 44.7 Å². The van der Waals surface area contributed by atoms with Crippen LogP contribution in [0.4, 0.5) is 10.1 Å². The van der Waals surface area contributed by atoms with Crippen molar-refractivity contribution >= 4 is 23.2 Å². The Balaban J connectivity index is 1.37. The molecule has 0 unspecified atom stereocenters. The Kier molecular flexibility index (Phi) is 8.14. The molecule has 0 bridgehead atoms. The molecule has 0 radical (unpaired) electrons. The smallest absolute Gasteiger partial charge is 0.224 e. The average molecular weight is 460 g/mol. The minimum absolute atomic E-state index is 0.0637. The van der Waals surface area contributed by atoms with E-state index in [9.17, 15) is 9.18 Å². The number of carbonyl (C=O) groups is 1. The minimum Gasteiger partial charge on any atom is -0.379 e. The molecule has 1 N–H and O–H groups in total. The maximum absolute atomic E-state index is 13.4. The lowest BCUT2D eigenvalue weighted by atomic mass is 9.86. The molecule has 2 heterocycles. The molecule has 2 fully saturated rings. The van der Waals surface area contributed by atoms with Crippen molar-refractivity contribution in [3.8, 4) is 0 Å². The molecule has 2 saturated heterocycles. The fraction of sp³-hybridized carbons (Fsp3) is 0.480. The first-order chi connectivity index (χ1) is 15.6. The number of likely N-dealkylation sites (tertiary alicyclic amines) is 1. The van der Waals surface area contributed by atoms with E-state index in [4.69, 9.17) is 16.3 Å². The molecular weight excluding hydrogens is 429 g/mol. The molecule has 2 aromatic carbocycles. The lowest BCUT2D eigenvalue weighted by Crippen LogP contribution is -2.53. The number of ether oxygens (including phenoxy) is 1. The van der Waals surface area contributed by atoms with Crippen molar-refractivity contribution in [1.29, 1.82) is 0 Å². The molecule has 0 aliphatic carbocycles. The van der Waals surface area contributed by atoms with Crippen molar-refractivity contribution in [2.45, 2.75) is 31.8 Å². The van der Waals surface area contributed by atoms with E-state index < -0.39 is 0 Å². The van der Waals surface area contributed by atoms with E-state index in [-0.39, 0.29) is 11.7 Å². The highest BCUT2D eigenvalue weighted by Crippen LogP contribution is 2.28. The van der Waals surface area contributed by atoms with Crippen LogP contribution in [-0.2, 0) is 16.1 Å². The van der Waals surface area contributed by atoms with Crippen molar-refractivity contribution in [3.63, 3.8) is 0 Å². The van der Waals surface area contributed by atoms with Crippen LogP contribution in [0.3, 0.4) is 0 Å². The summed E-state index contributed by atoms with van der Waals surface area (Å²) in [6.07, 6.45) is 2.32. The summed E-state index contributed by atoms with van der Waals surface area (Å²) < 4.78 is 19.0. The Morgan fingerprint density at radius 2 is 1.91 bits per heavy atom. The molecule has 2 atom stereocenters. The summed E-state index contributed by atoms with van der Waals surface area (Å²) in [5.74, 6) is -0.0149. The second-order valence-corrected chi connectivity index (χ2v) is 9.16. The fourth-order valence-electron chi connectivity index (χ4n) is 4.87. The topological polar surface area (TPSA) is 44.8 Å². The van der Waals surface area contributed by atoms with Crippen molar-refractivity contribution < 1.29 is 13.9 Å². The molecule has 0 saturated carbocycles. The second-order valence-electron chi connectivity index (χ2n) is 8.72. The molecule has 4 rings (SSSR count). The van der Waals surface area contributed by atoms with Gasteiger partial charge in [0.2, 0.25) is 5.91 Å². The van der Waals surface area contributed by atoms with Gasteiger partial charge in [-0.15, -0.1) is 0 Å². The summed E-state index contributed by atoms with van der Waals surface area (Å²) in [4.78, 5) is 17.6. The van der Waals surface area contributed by atoms with Crippen molar-refractivity contribution in [1.82, 2.24) is 9.80 Å². The van der Waals surface area contributed by atoms with Crippen molar-refractivity contribution in [3.05, 3.63) is 64.9 Å². The Hall–Kier alpha value is -1.99. The lowest BCUT2D eigenvalue weighted by Gasteiger charge is -2.45. The highest BCUT2D eigenvalue weighted by atomic mass is 35.5. The van der Waals surface area contributed by atoms with Gasteiger partial charge in [-0.3, -0.25) is 14.6 Å². The third-order valence-corrected chi connectivity index (χ3v) is 6.71. The number of carbonyl (C=O) groups excluding carboxylic acids is 1. The molecular formula is C25H31ClFN3O2. The van der Waals surface area contributed by atoms with Gasteiger partial charge in [0.25, 0.3) is 0 Å². The number of nitrogens with zero attached hydrogens (tertiary/aromatic N) is 2. The second kappa shape index (κ2) is 11.2. The van der Waals surface area contributed by atoms with E-state index >= 15 is 0 Å². The summed E-state index contributed by atoms with van der Waals surface area (Å²) >= 11 is 6.03. The predicted octanol–water partition coefficient (Wildman–Crippen LogP) is 4.42. The van der Waals surface area contributed by atoms with Gasteiger partial charge in [-0.25, -0.2) is 4.39 Å². The summed E-state index contributed by atoms with van der Waals surface area (Å²) in [6.45, 7) is 6.34. The van der Waals surface area contributed by atoms with Crippen LogP contribution >= 0.6 is 11.6 Å². The zero-order chi connectivity index (χ0) is 22.3. The Labute approximate surface area is 194 Å². The van der Waals surface area contributed by atoms with Gasteiger partial charge in [-0.05, 0) is 61.2 Å². The summed E-state index contributed by atoms with van der Waals surface area (Å²) in [7, 11) is 0. The molecule has 5 nitrogen and oxygen atoms in total. The van der Waals surface area contributed by atoms with Gasteiger partial charge < -0.3 is 10.1 Å². The van der Waals surface area contributed by atoms with Gasteiger partial charge in [0.1, 0.15) is 5.82 Å². The van der Waals surface area contributed by atoms with Gasteiger partial charge in [0.15, 0.2) is 0 Å². The summed E-state index contributed by atoms with van der Waals surface area (Å²) in [5, 5.41) is 3.59. The summed E-state index contributed by atoms with van der Waals surface area (Å²) in [6, 6.07) is 14.5. The third kappa shape index (κ3) is 6.51. The molecule has 0 spiro atoms. The maximum Gasteiger partial charge on any atom is 0.224 e. The van der Waals surface area contributed by atoms with Crippen LogP contribution in [0.2, 0.25) is 5.02 Å². The SMILES string of the molecule is O=C(CC[C@@H]1CN(Cc2ccc(Cl)cc2)CC[C@@H]1N1CCOCC1)Nc1cccc(F)c1. The number of hydrogen-bond donors (Lipinski definition) is 1. The van der Waals surface area contributed by atoms with Crippen LogP contribution in [0.1, 0.15) is 24.8 Å². The van der Waals surface area contributed by atoms with Crippen LogP contribution in [0, 0.1) is 11.7 Å². The van der Waals surface area contributed by atoms with Gasteiger partial charge in [-0.2, -0.15) is 0 Å². The number of anilines is 1. The van der Waals surface area contributed by atoms with Crippen LogP contribution in [0.5, 0.6) is 0 Å². The number of nitrogens with one attached hydrogen (secondary N) is 1. The first-order valence-corrected chi connectivity index (χ1v) is 11.8. The predicted molar refractivity (Wildman–Crippen MR) is 125 cm³/mol. The van der Waals surface area contributed by atoms with E-state index in [0.717, 1.165) is 63.8 Å². The number of amides is 1. The number of rotatable bonds is 7. The zero-order valence-corrected chi connectivity index (χ0v) is 19.1. The molecule has 2 aromatic rings. The van der Waals surface area contributed by atoms with Gasteiger partial charge in [-0.1, -0.05) is 29.8 Å². The fourth-order valence-corrected chi connectivity index (χ4v) is 4.99. The molecule has 2 aliphatic heterocycles. The Morgan fingerprint density at radius 1 is 1.12 bits per heavy atom. The Morgan fingerprint density at radius 3 is 2.66 bits per heavy atom. The number of hydrogen-bond acceptors (Lipinski definition) is 4. The molecule has 1 amide bonds. The van der Waals surface area contributed by atoms with E-state index in [0.29, 0.717) is 24.1 Å². The monoisotopic (exact) mass is 459 g/mol. The number of piperidine rings is 1. The zero-order valence-electron chi connectivity index (χ0n) is 18.3. The molecule has 0 aromatic heterocycles. The third-order valence-electron chi connectivity index (χ3n) is 6.46. The molecule has 172 valence electrons. The quantitative estimate of drug-likeness (QED) is 0.665. The first kappa shape index (κ1) is 23.2. The molecule has 7 heteroatoms. The molecule has 2 aliphatic rings. The van der Waals surface area contributed by atoms with Gasteiger partial charge in [0.05, 0.1) is 13.2 Å². The van der Waals surface area contributed by atoms with Crippen LogP contribution in [-0.4, -0.2) is 61.1 Å². The van der Waals surface area contributed by atoms with Gasteiger partial charge in [0, 0.05) is 49.4 Å². The number of halogens is 2. The normalized spacial score (nSPS) is 22.6. The number of benzene rings is 2. The molecule has 32 heavy (non-hydrogen) atoms. The standard InChI is InChI=1S/C25H31ClFN3O2/c26-21-7-4-19(5-8-21)17-29-11-10-24(30-12-14-32-15-13-30)20(18-29)6-9-25(31)28-23-3-1-2-22(27)16-23/h1-5,7-8,16,20,24H,6,9-15,17-18H2,(H,28,31)/t20-,24+/m1/s1. The minimum atomic E-state index is -0.347. The van der Waals surface area contributed by atoms with Crippen LogP contribution in [0.15, 0.2) is 48.5 Å². The lowest BCUT2D eigenvalue weighted by molar-refractivity contribution is -0.116. The average Bonchev–Trinajstić information content (AvgIpc) is 2.80. The van der Waals surface area contributed by atoms with Crippen LogP contribution < -0.4 is 5.32 Å². The Bertz CT molecular complexity index is 889. The maximum atomic E-state index is 13.4. The largest absolute Gasteiger partial charge is 0.379 e. The number of morpholine rings is 1. The summed E-state index contributed by atoms with van der Waals surface area (Å²) in [5.41, 5.74) is 1.76. The van der Waals surface area contributed by atoms with E-state index in [1.807, 2.05) is 12.1 Å².